The van der Waals surface area contributed by atoms with E-state index in [4.69, 9.17) is 34.8 Å². The minimum Gasteiger partial charge on any atom is -0.319 e. The maximum atomic E-state index is 12.0. The van der Waals surface area contributed by atoms with Crippen molar-refractivity contribution in [1.29, 1.82) is 0 Å². The third-order valence-electron chi connectivity index (χ3n) is 2.23. The Morgan fingerprint density at radius 1 is 1.37 bits per heavy atom. The van der Waals surface area contributed by atoms with Crippen LogP contribution in [0.15, 0.2) is 24.5 Å². The third-order valence-corrected chi connectivity index (χ3v) is 2.93. The Balaban J connectivity index is 2.82. The van der Waals surface area contributed by atoms with Gasteiger partial charge in [0.25, 0.3) is 9.70 Å². The first-order valence-corrected chi connectivity index (χ1v) is 6.86. The zero-order chi connectivity index (χ0) is 14.7. The van der Waals surface area contributed by atoms with Gasteiger partial charge in [0.05, 0.1) is 11.1 Å². The lowest BCUT2D eigenvalue weighted by Crippen LogP contribution is -3.03. The molecule has 0 aromatic carbocycles. The average molecular weight is 326 g/mol. The van der Waals surface area contributed by atoms with Crippen LogP contribution < -0.4 is 10.6 Å². The number of nitrogens with two attached hydrogens (primary N) is 1. The number of alkyl halides is 3. The van der Waals surface area contributed by atoms with Gasteiger partial charge in [0.2, 0.25) is 6.17 Å². The van der Waals surface area contributed by atoms with Crippen LogP contribution in [0.3, 0.4) is 0 Å². The van der Waals surface area contributed by atoms with Gasteiger partial charge < -0.3 is 5.32 Å². The van der Waals surface area contributed by atoms with Crippen LogP contribution >= 0.6 is 34.8 Å². The number of nitrogens with zero attached hydrogens (tertiary/aromatic N) is 1. The quantitative estimate of drug-likeness (QED) is 0.658. The molecule has 1 rings (SSSR count). The van der Waals surface area contributed by atoms with Crippen molar-refractivity contribution in [2.45, 2.75) is 36.3 Å². The molecule has 1 aromatic heterocycles. The molecule has 0 bridgehead atoms. The molecular formula is C12H17Cl3N3O+. The molecule has 0 aliphatic carbocycles. The third kappa shape index (κ3) is 5.95. The Morgan fingerprint density at radius 2 is 2.00 bits per heavy atom. The predicted molar refractivity (Wildman–Crippen MR) is 77.5 cm³/mol. The van der Waals surface area contributed by atoms with E-state index < -0.39 is 9.96 Å². The molecular weight excluding hydrogens is 309 g/mol. The molecule has 0 aliphatic rings. The van der Waals surface area contributed by atoms with Gasteiger partial charge in [-0.1, -0.05) is 34.8 Å². The van der Waals surface area contributed by atoms with Gasteiger partial charge in [-0.05, 0) is 32.9 Å². The zero-order valence-electron chi connectivity index (χ0n) is 11.0. The van der Waals surface area contributed by atoms with E-state index in [1.54, 1.807) is 23.6 Å². The Bertz CT molecular complexity index is 426. The Hall–Kier alpha value is -0.550. The van der Waals surface area contributed by atoms with Gasteiger partial charge in [0.1, 0.15) is 0 Å². The van der Waals surface area contributed by atoms with Crippen LogP contribution in [0.2, 0.25) is 0 Å². The van der Waals surface area contributed by atoms with Crippen LogP contribution in [0.4, 0.5) is 0 Å². The largest absolute Gasteiger partial charge is 0.319 e. The normalized spacial score (nSPS) is 14.0. The maximum absolute atomic E-state index is 12.0. The second kappa shape index (κ2) is 6.27. The van der Waals surface area contributed by atoms with Gasteiger partial charge in [-0.3, -0.25) is 15.1 Å². The number of rotatable bonds is 3. The number of hydrogen-bond acceptors (Lipinski definition) is 2. The van der Waals surface area contributed by atoms with Gasteiger partial charge in [-0.15, -0.1) is 0 Å². The van der Waals surface area contributed by atoms with Crippen LogP contribution in [-0.4, -0.2) is 26.4 Å². The summed E-state index contributed by atoms with van der Waals surface area (Å²) in [7, 11) is 0. The minimum absolute atomic E-state index is 0.198. The molecule has 19 heavy (non-hydrogen) atoms. The fourth-order valence-electron chi connectivity index (χ4n) is 1.44. The second-order valence-corrected chi connectivity index (χ2v) is 7.64. The highest BCUT2D eigenvalue weighted by Crippen LogP contribution is 2.27. The van der Waals surface area contributed by atoms with E-state index in [9.17, 15) is 4.79 Å². The zero-order valence-corrected chi connectivity index (χ0v) is 13.2. The lowest BCUT2D eigenvalue weighted by Gasteiger charge is -2.29. The van der Waals surface area contributed by atoms with Crippen LogP contribution in [0, 0.1) is 0 Å². The molecule has 0 spiro atoms. The van der Waals surface area contributed by atoms with Crippen LogP contribution in [0.5, 0.6) is 0 Å². The number of amides is 1. The average Bonchev–Trinajstić information content (AvgIpc) is 2.26. The van der Waals surface area contributed by atoms with Crippen LogP contribution in [0.25, 0.3) is 0 Å². The summed E-state index contributed by atoms with van der Waals surface area (Å²) in [6.45, 7) is 5.89. The fraction of sp³-hybridized carbons (Fsp3) is 0.500. The highest BCUT2D eigenvalue weighted by molar-refractivity contribution is 6.68. The van der Waals surface area contributed by atoms with Crippen molar-refractivity contribution in [3.63, 3.8) is 0 Å². The molecule has 7 heteroatoms. The smallest absolute Gasteiger partial charge is 0.262 e. The first kappa shape index (κ1) is 16.5. The van der Waals surface area contributed by atoms with Crippen molar-refractivity contribution in [2.75, 3.05) is 0 Å². The number of aromatic nitrogens is 1. The number of quaternary nitrogens is 1. The highest BCUT2D eigenvalue weighted by Gasteiger charge is 2.40. The second-order valence-electron chi connectivity index (χ2n) is 5.27. The highest BCUT2D eigenvalue weighted by atomic mass is 35.6. The minimum atomic E-state index is -1.61. The Kier molecular flexibility index (Phi) is 5.44. The first-order valence-electron chi connectivity index (χ1n) is 5.73. The lowest BCUT2D eigenvalue weighted by atomic mass is 10.1. The van der Waals surface area contributed by atoms with Crippen molar-refractivity contribution >= 4 is 40.7 Å². The Labute approximate surface area is 127 Å². The van der Waals surface area contributed by atoms with Crippen molar-refractivity contribution in [1.82, 2.24) is 10.3 Å². The van der Waals surface area contributed by atoms with Gasteiger partial charge in [0, 0.05) is 12.4 Å². The van der Waals surface area contributed by atoms with Gasteiger partial charge in [-0.2, -0.15) is 0 Å². The van der Waals surface area contributed by atoms with Crippen LogP contribution in [-0.2, 0) is 0 Å². The maximum Gasteiger partial charge on any atom is 0.262 e. The van der Waals surface area contributed by atoms with Gasteiger partial charge in [-0.25, -0.2) is 0 Å². The summed E-state index contributed by atoms with van der Waals surface area (Å²) in [6.07, 6.45) is 2.36. The predicted octanol–water partition coefficient (Wildman–Crippen LogP) is 1.87. The monoisotopic (exact) mass is 324 g/mol. The molecule has 1 heterocycles. The molecule has 3 N–H and O–H groups in total. The van der Waals surface area contributed by atoms with Crippen molar-refractivity contribution in [3.05, 3.63) is 30.1 Å². The summed E-state index contributed by atoms with van der Waals surface area (Å²) >= 11 is 17.7. The topological polar surface area (TPSA) is 58.6 Å². The molecule has 1 unspecified atom stereocenters. The molecule has 1 aromatic rings. The van der Waals surface area contributed by atoms with E-state index in [1.807, 2.05) is 20.8 Å². The molecule has 1 atom stereocenters. The lowest BCUT2D eigenvalue weighted by molar-refractivity contribution is -0.749. The number of hydrogen-bond donors (Lipinski definition) is 2. The van der Waals surface area contributed by atoms with Crippen molar-refractivity contribution < 1.29 is 10.1 Å². The van der Waals surface area contributed by atoms with Gasteiger partial charge in [0.15, 0.2) is 0 Å². The summed E-state index contributed by atoms with van der Waals surface area (Å²) in [5.41, 5.74) is 0.223. The number of nitrogens with one attached hydrogen (secondary N) is 1. The SMILES string of the molecule is CC(C)(C)[NH2+]C(NC(=O)c1cccnc1)C(Cl)(Cl)Cl. The van der Waals surface area contributed by atoms with Crippen molar-refractivity contribution in [3.8, 4) is 0 Å². The molecule has 0 saturated heterocycles. The number of carbonyl (C=O) groups excluding carboxylic acids is 1. The van der Waals surface area contributed by atoms with E-state index in [0.29, 0.717) is 5.56 Å². The first-order chi connectivity index (χ1) is 8.59. The number of halogens is 3. The van der Waals surface area contributed by atoms with E-state index in [-0.39, 0.29) is 11.4 Å². The summed E-state index contributed by atoms with van der Waals surface area (Å²) in [5, 5.41) is 4.50. The number of carbonyl (C=O) groups is 1. The molecule has 0 saturated carbocycles. The van der Waals surface area contributed by atoms with Gasteiger partial charge >= 0.3 is 0 Å². The fourth-order valence-corrected chi connectivity index (χ4v) is 1.79. The molecule has 4 nitrogen and oxygen atoms in total. The van der Waals surface area contributed by atoms with E-state index in [0.717, 1.165) is 0 Å². The number of pyridine rings is 1. The molecule has 1 amide bonds. The summed E-state index contributed by atoms with van der Waals surface area (Å²) in [6, 6.07) is 3.32. The standard InChI is InChI=1S/C12H16Cl3N3O/c1-11(2,3)18-10(12(13,14)15)17-9(19)8-5-4-6-16-7-8/h4-7,10,18H,1-3H3,(H,17,19)/p+1. The van der Waals surface area contributed by atoms with Crippen LogP contribution in [0.1, 0.15) is 31.1 Å². The van der Waals surface area contributed by atoms with E-state index in [1.165, 1.54) is 6.20 Å². The van der Waals surface area contributed by atoms with E-state index >= 15 is 0 Å². The van der Waals surface area contributed by atoms with E-state index in [2.05, 4.69) is 10.3 Å². The van der Waals surface area contributed by atoms with Crippen molar-refractivity contribution in [2.24, 2.45) is 0 Å². The summed E-state index contributed by atoms with van der Waals surface area (Å²) < 4.78 is -1.61. The summed E-state index contributed by atoms with van der Waals surface area (Å²) in [4.78, 5) is 15.9. The Morgan fingerprint density at radius 3 is 2.42 bits per heavy atom. The molecule has 0 fully saturated rings. The molecule has 106 valence electrons. The molecule has 0 radical (unpaired) electrons. The molecule has 0 aliphatic heterocycles. The summed E-state index contributed by atoms with van der Waals surface area (Å²) in [5.74, 6) is -0.329.